The topological polar surface area (TPSA) is 47.6 Å². The Morgan fingerprint density at radius 3 is 2.64 bits per heavy atom. The van der Waals surface area contributed by atoms with Gasteiger partial charge in [0.25, 0.3) is 0 Å². The largest absolute Gasteiger partial charge is 0.444 e. The molecule has 0 aromatic heterocycles. The quantitative estimate of drug-likeness (QED) is 0.834. The molecule has 1 aliphatic carbocycles. The molecule has 0 bridgehead atoms. The fourth-order valence-electron chi connectivity index (χ4n) is 2.44. The van der Waals surface area contributed by atoms with E-state index in [-0.39, 0.29) is 6.09 Å². The normalized spacial score (nSPS) is 20.5. The molecule has 0 aliphatic heterocycles. The van der Waals surface area contributed by atoms with Crippen molar-refractivity contribution in [2.75, 3.05) is 13.2 Å². The summed E-state index contributed by atoms with van der Waals surface area (Å²) in [6.07, 6.45) is 1.87. The summed E-state index contributed by atoms with van der Waals surface area (Å²) in [6.45, 7) is 7.77. The number of nitrogens with one attached hydrogen (secondary N) is 1. The zero-order valence-electron chi connectivity index (χ0n) is 13.8. The van der Waals surface area contributed by atoms with Gasteiger partial charge in [-0.1, -0.05) is 30.3 Å². The van der Waals surface area contributed by atoms with Crippen LogP contribution >= 0.6 is 0 Å². The second kappa shape index (κ2) is 7.63. The minimum atomic E-state index is -0.433. The van der Waals surface area contributed by atoms with E-state index in [0.717, 1.165) is 13.0 Å². The van der Waals surface area contributed by atoms with Gasteiger partial charge in [0.15, 0.2) is 0 Å². The average Bonchev–Trinajstić information content (AvgIpc) is 3.16. The van der Waals surface area contributed by atoms with Crippen LogP contribution in [-0.4, -0.2) is 24.8 Å². The number of benzene rings is 1. The molecule has 0 spiro atoms. The first-order valence-corrected chi connectivity index (χ1v) is 8.02. The number of rotatable bonds is 7. The number of alkyl carbamates (subject to hydrolysis) is 1. The van der Waals surface area contributed by atoms with Crippen LogP contribution in [0, 0.1) is 11.8 Å². The van der Waals surface area contributed by atoms with Crippen LogP contribution in [0.3, 0.4) is 0 Å². The van der Waals surface area contributed by atoms with Crippen LogP contribution in [0.2, 0.25) is 0 Å². The summed E-state index contributed by atoms with van der Waals surface area (Å²) in [5.41, 5.74) is 0.781. The van der Waals surface area contributed by atoms with E-state index < -0.39 is 5.60 Å². The molecule has 1 aliphatic rings. The van der Waals surface area contributed by atoms with E-state index in [9.17, 15) is 4.79 Å². The smallest absolute Gasteiger partial charge is 0.407 e. The van der Waals surface area contributed by atoms with E-state index in [4.69, 9.17) is 9.47 Å². The van der Waals surface area contributed by atoms with Gasteiger partial charge in [-0.2, -0.15) is 0 Å². The fourth-order valence-corrected chi connectivity index (χ4v) is 2.44. The van der Waals surface area contributed by atoms with Crippen molar-refractivity contribution in [1.29, 1.82) is 0 Å². The number of carbonyl (C=O) groups excluding carboxylic acids is 1. The molecule has 0 radical (unpaired) electrons. The lowest BCUT2D eigenvalue weighted by molar-refractivity contribution is 0.0526. The Morgan fingerprint density at radius 2 is 1.95 bits per heavy atom. The highest BCUT2D eigenvalue weighted by atomic mass is 16.6. The first-order valence-electron chi connectivity index (χ1n) is 8.02. The molecular formula is C18H27NO3. The summed E-state index contributed by atoms with van der Waals surface area (Å²) in [6, 6.07) is 10.2. The standard InChI is InChI=1S/C18H27NO3/c1-18(2,3)22-17(20)19-10-9-15-11-16(15)13-21-12-14-7-5-4-6-8-14/h4-8,15-16H,9-13H2,1-3H3,(H,19,20). The summed E-state index contributed by atoms with van der Waals surface area (Å²) >= 11 is 0. The molecule has 4 heteroatoms. The van der Waals surface area contributed by atoms with Crippen molar-refractivity contribution in [2.24, 2.45) is 11.8 Å². The number of carbonyl (C=O) groups is 1. The van der Waals surface area contributed by atoms with E-state index in [1.54, 1.807) is 0 Å². The molecule has 2 unspecified atom stereocenters. The Bertz CT molecular complexity index is 467. The first-order chi connectivity index (χ1) is 10.4. The summed E-state index contributed by atoms with van der Waals surface area (Å²) in [5, 5.41) is 2.81. The van der Waals surface area contributed by atoms with Gasteiger partial charge in [0.05, 0.1) is 13.2 Å². The molecule has 4 nitrogen and oxygen atoms in total. The Labute approximate surface area is 133 Å². The predicted molar refractivity (Wildman–Crippen MR) is 86.5 cm³/mol. The van der Waals surface area contributed by atoms with Gasteiger partial charge in [0.2, 0.25) is 0 Å². The molecule has 2 atom stereocenters. The van der Waals surface area contributed by atoms with Crippen LogP contribution in [0.25, 0.3) is 0 Å². The first kappa shape index (κ1) is 16.8. The third-order valence-electron chi connectivity index (χ3n) is 3.70. The maximum atomic E-state index is 11.5. The van der Waals surface area contributed by atoms with Crippen molar-refractivity contribution in [3.63, 3.8) is 0 Å². The maximum absolute atomic E-state index is 11.5. The Kier molecular flexibility index (Phi) is 5.83. The highest BCUT2D eigenvalue weighted by Gasteiger charge is 2.36. The van der Waals surface area contributed by atoms with Crippen molar-refractivity contribution in [2.45, 2.75) is 45.8 Å². The molecule has 122 valence electrons. The van der Waals surface area contributed by atoms with E-state index in [1.165, 1.54) is 12.0 Å². The van der Waals surface area contributed by atoms with Gasteiger partial charge in [0, 0.05) is 6.54 Å². The Morgan fingerprint density at radius 1 is 1.23 bits per heavy atom. The van der Waals surface area contributed by atoms with E-state index in [0.29, 0.717) is 25.0 Å². The molecule has 1 aromatic carbocycles. The SMILES string of the molecule is CC(C)(C)OC(=O)NCCC1CC1COCc1ccccc1. The highest BCUT2D eigenvalue weighted by molar-refractivity contribution is 5.67. The van der Waals surface area contributed by atoms with Crippen LogP contribution in [-0.2, 0) is 16.1 Å². The maximum Gasteiger partial charge on any atom is 0.407 e. The van der Waals surface area contributed by atoms with Gasteiger partial charge >= 0.3 is 6.09 Å². The minimum Gasteiger partial charge on any atom is -0.444 e. The molecule has 2 rings (SSSR count). The summed E-state index contributed by atoms with van der Waals surface area (Å²) < 4.78 is 11.0. The second-order valence-corrected chi connectivity index (χ2v) is 6.97. The third-order valence-corrected chi connectivity index (χ3v) is 3.70. The number of amides is 1. The van der Waals surface area contributed by atoms with E-state index >= 15 is 0 Å². The number of hydrogen-bond acceptors (Lipinski definition) is 3. The summed E-state index contributed by atoms with van der Waals surface area (Å²) in [5.74, 6) is 1.31. The van der Waals surface area contributed by atoms with Crippen LogP contribution in [0.4, 0.5) is 4.79 Å². The fraction of sp³-hybridized carbons (Fsp3) is 0.611. The second-order valence-electron chi connectivity index (χ2n) is 6.97. The van der Waals surface area contributed by atoms with Crippen LogP contribution in [0.5, 0.6) is 0 Å². The van der Waals surface area contributed by atoms with Crippen molar-refractivity contribution >= 4 is 6.09 Å². The lowest BCUT2D eigenvalue weighted by atomic mass is 10.2. The van der Waals surface area contributed by atoms with Gasteiger partial charge < -0.3 is 14.8 Å². The monoisotopic (exact) mass is 305 g/mol. The van der Waals surface area contributed by atoms with Gasteiger partial charge in [-0.05, 0) is 51.0 Å². The molecular weight excluding hydrogens is 278 g/mol. The Hall–Kier alpha value is -1.55. The number of ether oxygens (including phenoxy) is 2. The van der Waals surface area contributed by atoms with Crippen LogP contribution < -0.4 is 5.32 Å². The lowest BCUT2D eigenvalue weighted by Gasteiger charge is -2.19. The van der Waals surface area contributed by atoms with E-state index in [1.807, 2.05) is 39.0 Å². The molecule has 1 N–H and O–H groups in total. The van der Waals surface area contributed by atoms with Crippen LogP contribution in [0.15, 0.2) is 30.3 Å². The average molecular weight is 305 g/mol. The summed E-state index contributed by atoms with van der Waals surface area (Å²) in [4.78, 5) is 11.5. The van der Waals surface area contributed by atoms with Gasteiger partial charge in [-0.25, -0.2) is 4.79 Å². The zero-order valence-corrected chi connectivity index (χ0v) is 13.8. The molecule has 22 heavy (non-hydrogen) atoms. The van der Waals surface area contributed by atoms with Crippen molar-refractivity contribution in [1.82, 2.24) is 5.32 Å². The molecule has 1 amide bonds. The van der Waals surface area contributed by atoms with E-state index in [2.05, 4.69) is 17.4 Å². The molecule has 1 aromatic rings. The summed E-state index contributed by atoms with van der Waals surface area (Å²) in [7, 11) is 0. The van der Waals surface area contributed by atoms with Crippen molar-refractivity contribution in [3.8, 4) is 0 Å². The third kappa shape index (κ3) is 6.48. The predicted octanol–water partition coefficient (Wildman–Crippen LogP) is 3.75. The molecule has 0 saturated heterocycles. The lowest BCUT2D eigenvalue weighted by Crippen LogP contribution is -2.33. The molecule has 1 fully saturated rings. The minimum absolute atomic E-state index is 0.329. The molecule has 0 heterocycles. The number of hydrogen-bond donors (Lipinski definition) is 1. The van der Waals surface area contributed by atoms with Crippen molar-refractivity contribution in [3.05, 3.63) is 35.9 Å². The van der Waals surface area contributed by atoms with Gasteiger partial charge in [0.1, 0.15) is 5.60 Å². The zero-order chi connectivity index (χ0) is 16.0. The Balaban J connectivity index is 1.51. The molecule has 1 saturated carbocycles. The van der Waals surface area contributed by atoms with Crippen LogP contribution in [0.1, 0.15) is 39.2 Å². The van der Waals surface area contributed by atoms with Crippen molar-refractivity contribution < 1.29 is 14.3 Å². The van der Waals surface area contributed by atoms with Gasteiger partial charge in [-0.3, -0.25) is 0 Å². The van der Waals surface area contributed by atoms with Gasteiger partial charge in [-0.15, -0.1) is 0 Å². The highest BCUT2D eigenvalue weighted by Crippen LogP contribution is 2.41.